The molecule has 0 radical (unpaired) electrons. The molecular formula is C56H120O3. The number of rotatable bonds is 23. The lowest BCUT2D eigenvalue weighted by Crippen LogP contribution is -2.09. The summed E-state index contributed by atoms with van der Waals surface area (Å²) in [5.74, 6) is 9.67. The van der Waals surface area contributed by atoms with Gasteiger partial charge in [-0.2, -0.15) is 0 Å². The molecule has 0 aromatic rings. The van der Waals surface area contributed by atoms with E-state index in [1.54, 1.807) is 6.92 Å². The largest absolute Gasteiger partial charge is 0.300 e. The third-order valence-electron chi connectivity index (χ3n) is 9.53. The van der Waals surface area contributed by atoms with Crippen LogP contribution in [-0.2, 0) is 14.4 Å². The van der Waals surface area contributed by atoms with Gasteiger partial charge in [0.1, 0.15) is 17.3 Å². The Morgan fingerprint density at radius 2 is 0.661 bits per heavy atom. The van der Waals surface area contributed by atoms with Gasteiger partial charge < -0.3 is 4.79 Å². The summed E-state index contributed by atoms with van der Waals surface area (Å²) in [6.07, 6.45) is 17.9. The minimum absolute atomic E-state index is 0.215. The minimum Gasteiger partial charge on any atom is -0.300 e. The fourth-order valence-corrected chi connectivity index (χ4v) is 5.17. The molecule has 0 aliphatic rings. The zero-order valence-corrected chi connectivity index (χ0v) is 46.3. The molecule has 1 unspecified atom stereocenters. The molecule has 0 spiro atoms. The van der Waals surface area contributed by atoms with Crippen LogP contribution in [0.15, 0.2) is 0 Å². The maximum Gasteiger partial charge on any atom is 0.135 e. The van der Waals surface area contributed by atoms with Crippen LogP contribution in [0.5, 0.6) is 0 Å². The van der Waals surface area contributed by atoms with Crippen molar-refractivity contribution in [2.45, 2.75) is 276 Å². The van der Waals surface area contributed by atoms with E-state index in [0.717, 1.165) is 79.4 Å². The summed E-state index contributed by atoms with van der Waals surface area (Å²) in [5, 5.41) is 0. The zero-order chi connectivity index (χ0) is 48.3. The summed E-state index contributed by atoms with van der Waals surface area (Å²) in [7, 11) is 0. The Morgan fingerprint density at radius 1 is 0.356 bits per heavy atom. The highest BCUT2D eigenvalue weighted by Gasteiger charge is 2.09. The predicted octanol–water partition coefficient (Wildman–Crippen LogP) is 19.4. The van der Waals surface area contributed by atoms with Crippen LogP contribution in [0.25, 0.3) is 0 Å². The van der Waals surface area contributed by atoms with Crippen molar-refractivity contribution in [3.63, 3.8) is 0 Å². The second-order valence-corrected chi connectivity index (χ2v) is 22.1. The molecule has 3 nitrogen and oxygen atoms in total. The van der Waals surface area contributed by atoms with Crippen LogP contribution >= 0.6 is 0 Å². The van der Waals surface area contributed by atoms with Gasteiger partial charge in [0.15, 0.2) is 0 Å². The van der Waals surface area contributed by atoms with E-state index in [0.29, 0.717) is 29.2 Å². The Labute approximate surface area is 377 Å². The first-order valence-corrected chi connectivity index (χ1v) is 25.5. The summed E-state index contributed by atoms with van der Waals surface area (Å²) in [6, 6.07) is 0. The number of hydrogen-bond donors (Lipinski definition) is 0. The molecule has 3 heteroatoms. The van der Waals surface area contributed by atoms with E-state index >= 15 is 0 Å². The van der Waals surface area contributed by atoms with Crippen molar-refractivity contribution in [2.24, 2.45) is 71.0 Å². The van der Waals surface area contributed by atoms with Gasteiger partial charge in [0.05, 0.1) is 0 Å². The van der Waals surface area contributed by atoms with E-state index in [1.165, 1.54) is 64.2 Å². The topological polar surface area (TPSA) is 51.2 Å². The SMILES string of the molecule is CC(=O)CCCCC(C)C.CC(C)CC(=O)C(C)C.CC(C)CC(C)C(C)C.CC(C)CCC(=O)C(C)C.CC(C)CCCC(C)C.CC(C)CCCC(C)C.CCC. The van der Waals surface area contributed by atoms with Crippen molar-refractivity contribution < 1.29 is 14.4 Å². The molecular weight excluding hydrogens is 721 g/mol. The standard InChI is InChI=1S/2C9H18O.3C9H20.C8H16O.C3H8/c1-7(2)5-6-9(10)8(3)4;1-8(2)6-4-5-7-9(3)10;1-7(2)6-9(5)8(3)4;2*1-8(2)6-5-7-9(3)4;1-6(2)5-8(9)7(3)4;1-3-2/h7-8H,5-6H2,1-4H3;8H,4-7H2,1-3H3;7-9H,6H2,1-5H3;2*8-9H,5-7H2,1-4H3;6-7H,5H2,1-4H3;3H2,1-2H3. The second-order valence-electron chi connectivity index (χ2n) is 22.1. The molecule has 0 aliphatic heterocycles. The van der Waals surface area contributed by atoms with Gasteiger partial charge >= 0.3 is 0 Å². The Hall–Kier alpha value is -0.990. The van der Waals surface area contributed by atoms with Crippen molar-refractivity contribution in [1.29, 1.82) is 0 Å². The normalized spacial score (nSPS) is 11.3. The number of unbranched alkanes of at least 4 members (excludes halogenated alkanes) is 1. The molecule has 0 N–H and O–H groups in total. The van der Waals surface area contributed by atoms with Crippen LogP contribution in [0.4, 0.5) is 0 Å². The number of carbonyl (C=O) groups excluding carboxylic acids is 3. The van der Waals surface area contributed by atoms with Crippen LogP contribution in [0, 0.1) is 71.0 Å². The highest BCUT2D eigenvalue weighted by molar-refractivity contribution is 5.80. The van der Waals surface area contributed by atoms with Gasteiger partial charge in [0.2, 0.25) is 0 Å². The molecule has 0 heterocycles. The lowest BCUT2D eigenvalue weighted by Gasteiger charge is -2.16. The van der Waals surface area contributed by atoms with E-state index in [2.05, 4.69) is 145 Å². The summed E-state index contributed by atoms with van der Waals surface area (Å²) in [5.41, 5.74) is 0. The van der Waals surface area contributed by atoms with Crippen LogP contribution in [0.3, 0.4) is 0 Å². The van der Waals surface area contributed by atoms with E-state index in [1.807, 2.05) is 27.7 Å². The van der Waals surface area contributed by atoms with E-state index in [9.17, 15) is 14.4 Å². The zero-order valence-electron chi connectivity index (χ0n) is 46.3. The van der Waals surface area contributed by atoms with Gasteiger partial charge in [-0.3, -0.25) is 9.59 Å². The van der Waals surface area contributed by atoms with Crippen LogP contribution in [0.2, 0.25) is 0 Å². The molecule has 362 valence electrons. The molecule has 0 aliphatic carbocycles. The molecule has 0 amide bonds. The summed E-state index contributed by atoms with van der Waals surface area (Å²) < 4.78 is 0. The summed E-state index contributed by atoms with van der Waals surface area (Å²) >= 11 is 0. The second kappa shape index (κ2) is 51.4. The van der Waals surface area contributed by atoms with Gasteiger partial charge in [0.25, 0.3) is 0 Å². The molecule has 0 aromatic heterocycles. The minimum atomic E-state index is 0.215. The fourth-order valence-electron chi connectivity index (χ4n) is 5.17. The molecule has 0 aromatic carbocycles. The highest BCUT2D eigenvalue weighted by atomic mass is 16.1. The van der Waals surface area contributed by atoms with Crippen molar-refractivity contribution in [1.82, 2.24) is 0 Å². The van der Waals surface area contributed by atoms with Gasteiger partial charge in [0, 0.05) is 31.1 Å². The predicted molar refractivity (Wildman–Crippen MR) is 274 cm³/mol. The molecule has 59 heavy (non-hydrogen) atoms. The quantitative estimate of drug-likeness (QED) is 0.0963. The Balaban J connectivity index is -0.000000108. The van der Waals surface area contributed by atoms with Gasteiger partial charge in [-0.15, -0.1) is 0 Å². The lowest BCUT2D eigenvalue weighted by atomic mass is 9.90. The van der Waals surface area contributed by atoms with E-state index in [4.69, 9.17) is 0 Å². The van der Waals surface area contributed by atoms with Crippen molar-refractivity contribution in [3.05, 3.63) is 0 Å². The number of ketones is 3. The first kappa shape index (κ1) is 72.5. The van der Waals surface area contributed by atoms with E-state index < -0.39 is 0 Å². The Kier molecular flexibility index (Phi) is 63.1. The molecule has 0 bridgehead atoms. The maximum atomic E-state index is 11.0. The van der Waals surface area contributed by atoms with Crippen molar-refractivity contribution in [2.75, 3.05) is 0 Å². The van der Waals surface area contributed by atoms with E-state index in [-0.39, 0.29) is 11.8 Å². The first-order chi connectivity index (χ1) is 26.9. The number of hydrogen-bond acceptors (Lipinski definition) is 3. The first-order valence-electron chi connectivity index (χ1n) is 25.5. The number of Topliss-reactive ketones (excluding diaryl/α,β-unsaturated/α-hetero) is 3. The monoisotopic (exact) mass is 841 g/mol. The van der Waals surface area contributed by atoms with Crippen LogP contribution in [0.1, 0.15) is 276 Å². The fraction of sp³-hybridized carbons (Fsp3) is 0.946. The Bertz CT molecular complexity index is 792. The molecule has 0 fully saturated rings. The van der Waals surface area contributed by atoms with Crippen LogP contribution < -0.4 is 0 Å². The molecule has 0 saturated heterocycles. The highest BCUT2D eigenvalue weighted by Crippen LogP contribution is 2.18. The van der Waals surface area contributed by atoms with Gasteiger partial charge in [-0.25, -0.2) is 0 Å². The van der Waals surface area contributed by atoms with Crippen molar-refractivity contribution in [3.8, 4) is 0 Å². The lowest BCUT2D eigenvalue weighted by molar-refractivity contribution is -0.123. The third-order valence-corrected chi connectivity index (χ3v) is 9.53. The van der Waals surface area contributed by atoms with Crippen molar-refractivity contribution >= 4 is 17.3 Å². The average molecular weight is 842 g/mol. The summed E-state index contributed by atoms with van der Waals surface area (Å²) in [4.78, 5) is 32.5. The third kappa shape index (κ3) is 93.3. The summed E-state index contributed by atoms with van der Waals surface area (Å²) in [6.45, 7) is 56.4. The van der Waals surface area contributed by atoms with Crippen LogP contribution in [-0.4, -0.2) is 17.3 Å². The average Bonchev–Trinajstić information content (AvgIpc) is 3.06. The molecule has 0 rings (SSSR count). The number of carbonyl (C=O) groups is 3. The Morgan fingerprint density at radius 3 is 0.847 bits per heavy atom. The molecule has 0 saturated carbocycles. The van der Waals surface area contributed by atoms with Gasteiger partial charge in [-0.1, -0.05) is 231 Å². The smallest absolute Gasteiger partial charge is 0.135 e. The maximum absolute atomic E-state index is 11.0. The van der Waals surface area contributed by atoms with Gasteiger partial charge in [-0.05, 0) is 85.4 Å². The molecule has 1 atom stereocenters.